The maximum atomic E-state index is 12.7. The van der Waals surface area contributed by atoms with Crippen LogP contribution in [-0.4, -0.2) is 46.7 Å². The van der Waals surface area contributed by atoms with E-state index in [4.69, 9.17) is 4.74 Å². The summed E-state index contributed by atoms with van der Waals surface area (Å²) in [4.78, 5) is 25.0. The van der Waals surface area contributed by atoms with Crippen molar-refractivity contribution in [2.75, 3.05) is 36.1 Å². The van der Waals surface area contributed by atoms with Crippen LogP contribution >= 0.6 is 0 Å². The number of nitrogens with one attached hydrogen (secondary N) is 2. The fourth-order valence-corrected chi connectivity index (χ4v) is 3.60. The average Bonchev–Trinajstić information content (AvgIpc) is 2.69. The van der Waals surface area contributed by atoms with Crippen molar-refractivity contribution in [3.8, 4) is 5.75 Å². The zero-order chi connectivity index (χ0) is 22.3. The van der Waals surface area contributed by atoms with E-state index >= 15 is 0 Å². The maximum Gasteiger partial charge on any atom is 0.253 e. The SMILES string of the molecule is C=CCNC(=O)c1ccccc1NC(=O)CN(c1cc(C)ccc1OC)S(C)(=O)=O. The first kappa shape index (κ1) is 23.0. The number of rotatable bonds is 9. The molecule has 0 unspecified atom stereocenters. The van der Waals surface area contributed by atoms with Gasteiger partial charge in [0.25, 0.3) is 5.91 Å². The van der Waals surface area contributed by atoms with Gasteiger partial charge in [-0.1, -0.05) is 24.3 Å². The van der Waals surface area contributed by atoms with Crippen LogP contribution in [0.3, 0.4) is 0 Å². The minimum atomic E-state index is -3.79. The Hall–Kier alpha value is -3.33. The second-order valence-corrected chi connectivity index (χ2v) is 8.44. The first-order valence-electron chi connectivity index (χ1n) is 9.07. The second kappa shape index (κ2) is 9.93. The molecule has 2 rings (SSSR count). The van der Waals surface area contributed by atoms with Crippen molar-refractivity contribution in [2.24, 2.45) is 0 Å². The molecule has 0 aromatic heterocycles. The molecule has 2 amide bonds. The van der Waals surface area contributed by atoms with Crippen LogP contribution in [0.2, 0.25) is 0 Å². The number of methoxy groups -OCH3 is 1. The molecule has 0 aliphatic heterocycles. The Morgan fingerprint density at radius 1 is 1.20 bits per heavy atom. The molecule has 30 heavy (non-hydrogen) atoms. The third-order valence-corrected chi connectivity index (χ3v) is 5.27. The van der Waals surface area contributed by atoms with E-state index in [1.54, 1.807) is 42.5 Å². The lowest BCUT2D eigenvalue weighted by atomic mass is 10.1. The molecule has 2 N–H and O–H groups in total. The fourth-order valence-electron chi connectivity index (χ4n) is 2.75. The van der Waals surface area contributed by atoms with Crippen LogP contribution in [0.1, 0.15) is 15.9 Å². The first-order valence-corrected chi connectivity index (χ1v) is 10.9. The molecule has 0 atom stereocenters. The van der Waals surface area contributed by atoms with E-state index in [1.807, 2.05) is 6.92 Å². The highest BCUT2D eigenvalue weighted by molar-refractivity contribution is 7.92. The molecule has 2 aromatic carbocycles. The summed E-state index contributed by atoms with van der Waals surface area (Å²) >= 11 is 0. The third kappa shape index (κ3) is 5.84. The van der Waals surface area contributed by atoms with Gasteiger partial charge in [0, 0.05) is 6.54 Å². The van der Waals surface area contributed by atoms with Gasteiger partial charge in [-0.05, 0) is 36.8 Å². The minimum absolute atomic E-state index is 0.256. The van der Waals surface area contributed by atoms with E-state index in [0.717, 1.165) is 16.1 Å². The smallest absolute Gasteiger partial charge is 0.253 e. The number of nitrogens with zero attached hydrogens (tertiary/aromatic N) is 1. The number of hydrogen-bond donors (Lipinski definition) is 2. The molecule has 0 heterocycles. The van der Waals surface area contributed by atoms with Gasteiger partial charge < -0.3 is 15.4 Å². The Bertz CT molecular complexity index is 1050. The summed E-state index contributed by atoms with van der Waals surface area (Å²) in [7, 11) is -2.37. The number of para-hydroxylation sites is 1. The molecule has 8 nitrogen and oxygen atoms in total. The summed E-state index contributed by atoms with van der Waals surface area (Å²) in [6.07, 6.45) is 2.55. The van der Waals surface area contributed by atoms with Crippen molar-refractivity contribution < 1.29 is 22.7 Å². The quantitative estimate of drug-likeness (QED) is 0.593. The highest BCUT2D eigenvalue weighted by Gasteiger charge is 2.25. The molecule has 0 aliphatic carbocycles. The summed E-state index contributed by atoms with van der Waals surface area (Å²) in [6.45, 7) is 5.14. The second-order valence-electron chi connectivity index (χ2n) is 6.54. The van der Waals surface area contributed by atoms with Gasteiger partial charge in [0.2, 0.25) is 15.9 Å². The van der Waals surface area contributed by atoms with Crippen molar-refractivity contribution in [2.45, 2.75) is 6.92 Å². The number of carbonyl (C=O) groups excluding carboxylic acids is 2. The number of ether oxygens (including phenoxy) is 1. The van der Waals surface area contributed by atoms with Crippen molar-refractivity contribution in [3.05, 3.63) is 66.2 Å². The number of anilines is 2. The number of sulfonamides is 1. The lowest BCUT2D eigenvalue weighted by Gasteiger charge is -2.24. The first-order chi connectivity index (χ1) is 14.2. The lowest BCUT2D eigenvalue weighted by molar-refractivity contribution is -0.114. The molecule has 0 fully saturated rings. The van der Waals surface area contributed by atoms with Gasteiger partial charge in [-0.15, -0.1) is 6.58 Å². The van der Waals surface area contributed by atoms with Crippen LogP contribution in [0, 0.1) is 6.92 Å². The molecule has 0 radical (unpaired) electrons. The largest absolute Gasteiger partial charge is 0.495 e. The predicted molar refractivity (Wildman–Crippen MR) is 118 cm³/mol. The van der Waals surface area contributed by atoms with Gasteiger partial charge in [0.1, 0.15) is 12.3 Å². The Morgan fingerprint density at radius 3 is 2.53 bits per heavy atom. The Kier molecular flexibility index (Phi) is 7.60. The van der Waals surface area contributed by atoms with E-state index < -0.39 is 22.5 Å². The molecule has 0 bridgehead atoms. The molecular weight excluding hydrogens is 406 g/mol. The lowest BCUT2D eigenvalue weighted by Crippen LogP contribution is -2.38. The van der Waals surface area contributed by atoms with E-state index in [-0.39, 0.29) is 29.4 Å². The Morgan fingerprint density at radius 2 is 1.90 bits per heavy atom. The summed E-state index contributed by atoms with van der Waals surface area (Å²) in [5.41, 5.74) is 1.59. The van der Waals surface area contributed by atoms with Gasteiger partial charge in [-0.25, -0.2) is 8.42 Å². The molecule has 160 valence electrons. The van der Waals surface area contributed by atoms with Crippen molar-refractivity contribution in [1.29, 1.82) is 0 Å². The van der Waals surface area contributed by atoms with E-state index in [2.05, 4.69) is 17.2 Å². The average molecular weight is 432 g/mol. The van der Waals surface area contributed by atoms with Gasteiger partial charge >= 0.3 is 0 Å². The van der Waals surface area contributed by atoms with Crippen molar-refractivity contribution in [1.82, 2.24) is 5.32 Å². The van der Waals surface area contributed by atoms with Crippen molar-refractivity contribution >= 4 is 33.2 Å². The number of benzene rings is 2. The standard InChI is InChI=1S/C21H25N3O5S/c1-5-12-22-21(26)16-8-6-7-9-17(16)23-20(25)14-24(30(4,27)28)18-13-15(2)10-11-19(18)29-3/h5-11,13H,1,12,14H2,2-4H3,(H,22,26)(H,23,25). The third-order valence-electron chi connectivity index (χ3n) is 4.14. The molecule has 0 saturated carbocycles. The van der Waals surface area contributed by atoms with E-state index in [9.17, 15) is 18.0 Å². The highest BCUT2D eigenvalue weighted by Crippen LogP contribution is 2.31. The molecule has 9 heteroatoms. The van der Waals surface area contributed by atoms with Gasteiger partial charge in [0.15, 0.2) is 0 Å². The highest BCUT2D eigenvalue weighted by atomic mass is 32.2. The minimum Gasteiger partial charge on any atom is -0.495 e. The zero-order valence-corrected chi connectivity index (χ0v) is 18.0. The monoisotopic (exact) mass is 431 g/mol. The molecular formula is C21H25N3O5S. The van der Waals surface area contributed by atoms with Crippen LogP contribution in [-0.2, 0) is 14.8 Å². The predicted octanol–water partition coefficient (Wildman–Crippen LogP) is 2.32. The summed E-state index contributed by atoms with van der Waals surface area (Å²) in [6, 6.07) is 11.5. The normalized spacial score (nSPS) is 10.8. The number of aryl methyl sites for hydroxylation is 1. The van der Waals surface area contributed by atoms with Crippen molar-refractivity contribution in [3.63, 3.8) is 0 Å². The maximum absolute atomic E-state index is 12.7. The van der Waals surface area contributed by atoms with E-state index in [0.29, 0.717) is 5.75 Å². The molecule has 0 spiro atoms. The fraction of sp³-hybridized carbons (Fsp3) is 0.238. The summed E-state index contributed by atoms with van der Waals surface area (Å²) in [5, 5.41) is 5.26. The van der Waals surface area contributed by atoms with Crippen LogP contribution in [0.15, 0.2) is 55.1 Å². The number of carbonyl (C=O) groups is 2. The van der Waals surface area contributed by atoms with Crippen LogP contribution in [0.5, 0.6) is 5.75 Å². The van der Waals surface area contributed by atoms with Gasteiger partial charge in [0.05, 0.1) is 30.3 Å². The summed E-state index contributed by atoms with van der Waals surface area (Å²) < 4.78 is 31.1. The topological polar surface area (TPSA) is 105 Å². The molecule has 0 aliphatic rings. The van der Waals surface area contributed by atoms with Crippen LogP contribution in [0.4, 0.5) is 11.4 Å². The zero-order valence-electron chi connectivity index (χ0n) is 17.1. The van der Waals surface area contributed by atoms with Gasteiger partial charge in [-0.2, -0.15) is 0 Å². The Labute approximate surface area is 176 Å². The summed E-state index contributed by atoms with van der Waals surface area (Å²) in [5.74, 6) is -0.665. The molecule has 0 saturated heterocycles. The van der Waals surface area contributed by atoms with Crippen LogP contribution in [0.25, 0.3) is 0 Å². The number of amides is 2. The number of hydrogen-bond acceptors (Lipinski definition) is 5. The van der Waals surface area contributed by atoms with Crippen LogP contribution < -0.4 is 19.7 Å². The van der Waals surface area contributed by atoms with Gasteiger partial charge in [-0.3, -0.25) is 13.9 Å². The van der Waals surface area contributed by atoms with E-state index in [1.165, 1.54) is 13.2 Å². The Balaban J connectivity index is 2.31. The molecule has 2 aromatic rings.